The number of methoxy groups -OCH3 is 1. The van der Waals surface area contributed by atoms with Crippen LogP contribution in [0.5, 0.6) is 17.2 Å². The van der Waals surface area contributed by atoms with Crippen molar-refractivity contribution in [2.45, 2.75) is 19.9 Å². The molecule has 106 valence electrons. The van der Waals surface area contributed by atoms with Gasteiger partial charge in [0.2, 0.25) is 0 Å². The third-order valence-electron chi connectivity index (χ3n) is 3.01. The summed E-state index contributed by atoms with van der Waals surface area (Å²) in [6.45, 7) is 3.87. The van der Waals surface area contributed by atoms with Crippen LogP contribution in [0, 0.1) is 6.92 Å². The fraction of sp³-hybridized carbons (Fsp3) is 0.250. The molecule has 2 N–H and O–H groups in total. The molecule has 1 atom stereocenters. The number of benzene rings is 2. The van der Waals surface area contributed by atoms with Crippen molar-refractivity contribution in [3.8, 4) is 17.2 Å². The quantitative estimate of drug-likeness (QED) is 0.904. The predicted molar refractivity (Wildman–Crippen MR) is 81.9 cm³/mol. The summed E-state index contributed by atoms with van der Waals surface area (Å²) >= 11 is 6.20. The topological polar surface area (TPSA) is 44.5 Å². The van der Waals surface area contributed by atoms with Crippen LogP contribution in [0.4, 0.5) is 0 Å². The summed E-state index contributed by atoms with van der Waals surface area (Å²) in [5.41, 5.74) is 7.92. The average Bonchev–Trinajstić information content (AvgIpc) is 2.41. The van der Waals surface area contributed by atoms with Gasteiger partial charge in [-0.15, -0.1) is 0 Å². The Hall–Kier alpha value is -1.71. The lowest BCUT2D eigenvalue weighted by atomic mass is 10.1. The van der Waals surface area contributed by atoms with Crippen molar-refractivity contribution in [3.63, 3.8) is 0 Å². The van der Waals surface area contributed by atoms with Crippen molar-refractivity contribution in [3.05, 3.63) is 52.5 Å². The molecular formula is C16H18ClNO2. The summed E-state index contributed by atoms with van der Waals surface area (Å²) in [5, 5.41) is 0.573. The molecule has 2 aromatic rings. The first-order valence-corrected chi connectivity index (χ1v) is 6.77. The maximum atomic E-state index is 6.20. The number of nitrogens with two attached hydrogens (primary N) is 1. The number of halogens is 1. The average molecular weight is 292 g/mol. The van der Waals surface area contributed by atoms with E-state index in [1.807, 2.05) is 50.2 Å². The summed E-state index contributed by atoms with van der Waals surface area (Å²) in [6, 6.07) is 11.0. The second-order valence-corrected chi connectivity index (χ2v) is 5.10. The monoisotopic (exact) mass is 291 g/mol. The molecule has 2 aromatic carbocycles. The summed E-state index contributed by atoms with van der Waals surface area (Å²) in [4.78, 5) is 0. The second-order valence-electron chi connectivity index (χ2n) is 4.70. The Bertz CT molecular complexity index is 611. The van der Waals surface area contributed by atoms with Crippen molar-refractivity contribution in [2.75, 3.05) is 7.11 Å². The zero-order valence-corrected chi connectivity index (χ0v) is 12.6. The Kier molecular flexibility index (Phi) is 4.53. The second kappa shape index (κ2) is 6.16. The zero-order chi connectivity index (χ0) is 14.7. The maximum absolute atomic E-state index is 6.20. The molecule has 0 amide bonds. The van der Waals surface area contributed by atoms with Crippen LogP contribution < -0.4 is 15.2 Å². The molecule has 0 aliphatic carbocycles. The molecule has 0 heterocycles. The van der Waals surface area contributed by atoms with Gasteiger partial charge in [-0.25, -0.2) is 0 Å². The van der Waals surface area contributed by atoms with Crippen molar-refractivity contribution in [1.82, 2.24) is 0 Å². The van der Waals surface area contributed by atoms with Gasteiger partial charge in [0.1, 0.15) is 17.2 Å². The molecule has 0 saturated carbocycles. The number of ether oxygens (including phenoxy) is 2. The van der Waals surface area contributed by atoms with Crippen LogP contribution in [0.1, 0.15) is 24.1 Å². The number of hydrogen-bond donors (Lipinski definition) is 1. The summed E-state index contributed by atoms with van der Waals surface area (Å²) < 4.78 is 11.2. The molecule has 0 bridgehead atoms. The molecule has 3 nitrogen and oxygen atoms in total. The molecular weight excluding hydrogens is 274 g/mol. The molecule has 0 saturated heterocycles. The van der Waals surface area contributed by atoms with Crippen molar-refractivity contribution < 1.29 is 9.47 Å². The first kappa shape index (κ1) is 14.7. The highest BCUT2D eigenvalue weighted by Crippen LogP contribution is 2.37. The Balaban J connectivity index is 2.43. The normalized spacial score (nSPS) is 12.1. The van der Waals surface area contributed by atoms with Crippen LogP contribution >= 0.6 is 11.6 Å². The van der Waals surface area contributed by atoms with Gasteiger partial charge in [0.05, 0.1) is 17.7 Å². The first-order chi connectivity index (χ1) is 9.52. The molecule has 0 radical (unpaired) electrons. The van der Waals surface area contributed by atoms with Crippen molar-refractivity contribution in [2.24, 2.45) is 5.73 Å². The molecule has 4 heteroatoms. The van der Waals surface area contributed by atoms with Gasteiger partial charge in [-0.1, -0.05) is 23.7 Å². The Morgan fingerprint density at radius 2 is 1.80 bits per heavy atom. The van der Waals surface area contributed by atoms with Gasteiger partial charge >= 0.3 is 0 Å². The zero-order valence-electron chi connectivity index (χ0n) is 11.8. The standard InChI is InChI=1S/C16H18ClNO2/c1-10-7-8-13(12(17)9-10)20-15-6-4-5-14(19-3)16(15)11(2)18/h4-9,11H,18H2,1-3H3/t11-/m1/s1. The van der Waals surface area contributed by atoms with E-state index < -0.39 is 0 Å². The summed E-state index contributed by atoms with van der Waals surface area (Å²) in [6.07, 6.45) is 0. The smallest absolute Gasteiger partial charge is 0.146 e. The minimum Gasteiger partial charge on any atom is -0.496 e. The third kappa shape index (κ3) is 3.06. The maximum Gasteiger partial charge on any atom is 0.146 e. The van der Waals surface area contributed by atoms with Crippen LogP contribution in [-0.4, -0.2) is 7.11 Å². The van der Waals surface area contributed by atoms with E-state index in [0.29, 0.717) is 22.3 Å². The molecule has 0 aromatic heterocycles. The Morgan fingerprint density at radius 1 is 1.10 bits per heavy atom. The highest BCUT2D eigenvalue weighted by atomic mass is 35.5. The highest BCUT2D eigenvalue weighted by Gasteiger charge is 2.15. The van der Waals surface area contributed by atoms with Gasteiger partial charge in [-0.2, -0.15) is 0 Å². The van der Waals surface area contributed by atoms with E-state index in [4.69, 9.17) is 26.8 Å². The Labute approximate surface area is 124 Å². The predicted octanol–water partition coefficient (Wildman–Crippen LogP) is 4.47. The fourth-order valence-electron chi connectivity index (χ4n) is 2.05. The third-order valence-corrected chi connectivity index (χ3v) is 3.30. The van der Waals surface area contributed by atoms with E-state index in [2.05, 4.69) is 0 Å². The van der Waals surface area contributed by atoms with Crippen molar-refractivity contribution >= 4 is 11.6 Å². The van der Waals surface area contributed by atoms with Gasteiger partial charge < -0.3 is 15.2 Å². The van der Waals surface area contributed by atoms with Crippen LogP contribution in [0.25, 0.3) is 0 Å². The van der Waals surface area contributed by atoms with Gasteiger partial charge in [0.25, 0.3) is 0 Å². The van der Waals surface area contributed by atoms with Crippen LogP contribution in [0.15, 0.2) is 36.4 Å². The van der Waals surface area contributed by atoms with E-state index in [0.717, 1.165) is 11.1 Å². The molecule has 2 rings (SSSR count). The highest BCUT2D eigenvalue weighted by molar-refractivity contribution is 6.32. The fourth-order valence-corrected chi connectivity index (χ4v) is 2.32. The molecule has 0 unspecified atom stereocenters. The first-order valence-electron chi connectivity index (χ1n) is 6.39. The van der Waals surface area contributed by atoms with Crippen LogP contribution in [0.2, 0.25) is 5.02 Å². The lowest BCUT2D eigenvalue weighted by Crippen LogP contribution is -2.08. The molecule has 0 fully saturated rings. The minimum atomic E-state index is -0.203. The summed E-state index contributed by atoms with van der Waals surface area (Å²) in [7, 11) is 1.61. The lowest BCUT2D eigenvalue weighted by Gasteiger charge is -2.17. The minimum absolute atomic E-state index is 0.203. The van der Waals surface area contributed by atoms with Crippen molar-refractivity contribution in [1.29, 1.82) is 0 Å². The van der Waals surface area contributed by atoms with E-state index in [-0.39, 0.29) is 6.04 Å². The van der Waals surface area contributed by atoms with Crippen LogP contribution in [-0.2, 0) is 0 Å². The van der Waals surface area contributed by atoms with E-state index in [9.17, 15) is 0 Å². The number of aryl methyl sites for hydroxylation is 1. The van der Waals surface area contributed by atoms with Gasteiger partial charge in [0.15, 0.2) is 0 Å². The van der Waals surface area contributed by atoms with Gasteiger partial charge in [-0.3, -0.25) is 0 Å². The Morgan fingerprint density at radius 3 is 2.40 bits per heavy atom. The summed E-state index contributed by atoms with van der Waals surface area (Å²) in [5.74, 6) is 1.97. The van der Waals surface area contributed by atoms with E-state index in [1.54, 1.807) is 7.11 Å². The number of hydrogen-bond acceptors (Lipinski definition) is 3. The van der Waals surface area contributed by atoms with Crippen LogP contribution in [0.3, 0.4) is 0 Å². The van der Waals surface area contributed by atoms with E-state index in [1.165, 1.54) is 0 Å². The number of rotatable bonds is 4. The van der Waals surface area contributed by atoms with E-state index >= 15 is 0 Å². The van der Waals surface area contributed by atoms with Gasteiger partial charge in [0, 0.05) is 6.04 Å². The molecule has 0 spiro atoms. The largest absolute Gasteiger partial charge is 0.496 e. The molecule has 0 aliphatic rings. The lowest BCUT2D eigenvalue weighted by molar-refractivity contribution is 0.397. The molecule has 20 heavy (non-hydrogen) atoms. The molecule has 0 aliphatic heterocycles. The SMILES string of the molecule is COc1cccc(Oc2ccc(C)cc2Cl)c1[C@@H](C)N. The van der Waals surface area contributed by atoms with Gasteiger partial charge in [-0.05, 0) is 43.7 Å².